The van der Waals surface area contributed by atoms with Crippen LogP contribution in [0.4, 0.5) is 5.69 Å². The molecule has 1 aliphatic heterocycles. The van der Waals surface area contributed by atoms with E-state index in [1.165, 1.54) is 16.7 Å². The molecule has 0 aliphatic carbocycles. The molecule has 2 aromatic rings. The summed E-state index contributed by atoms with van der Waals surface area (Å²) in [4.78, 5) is 19.3. The Bertz CT molecular complexity index is 827. The molecule has 8 heteroatoms. The molecule has 3 rings (SSSR count). The highest BCUT2D eigenvalue weighted by Crippen LogP contribution is 2.31. The van der Waals surface area contributed by atoms with Crippen molar-refractivity contribution in [2.45, 2.75) is 32.2 Å². The van der Waals surface area contributed by atoms with Gasteiger partial charge in [-0.15, -0.1) is 0 Å². The summed E-state index contributed by atoms with van der Waals surface area (Å²) in [6, 6.07) is 12.0. The van der Waals surface area contributed by atoms with Gasteiger partial charge in [0.05, 0.1) is 23.6 Å². The Labute approximate surface area is 179 Å². The Morgan fingerprint density at radius 2 is 1.55 bits per heavy atom. The minimum atomic E-state index is -1.08. The molecular formula is C21H24Cl2N2O4. The number of carboxylic acid groups (broad SMARTS) is 2. The first-order valence-electron chi connectivity index (χ1n) is 9.29. The first-order valence-corrected chi connectivity index (χ1v) is 10.0. The maximum atomic E-state index is 9.64. The van der Waals surface area contributed by atoms with Gasteiger partial charge in [0.1, 0.15) is 0 Å². The van der Waals surface area contributed by atoms with Crippen molar-refractivity contribution in [3.05, 3.63) is 63.1 Å². The number of anilines is 1. The molecule has 2 aromatic carbocycles. The van der Waals surface area contributed by atoms with Crippen LogP contribution in [0.3, 0.4) is 0 Å². The lowest BCUT2D eigenvalue weighted by Crippen LogP contribution is -2.16. The summed E-state index contributed by atoms with van der Waals surface area (Å²) in [6.07, 6.45) is 1.48. The molecular weight excluding hydrogens is 415 g/mol. The highest BCUT2D eigenvalue weighted by atomic mass is 35.5. The lowest BCUT2D eigenvalue weighted by Gasteiger charge is -2.16. The predicted molar refractivity (Wildman–Crippen MR) is 115 cm³/mol. The number of carboxylic acids is 2. The van der Waals surface area contributed by atoms with Crippen LogP contribution in [-0.4, -0.2) is 35.2 Å². The van der Waals surface area contributed by atoms with Crippen molar-refractivity contribution in [2.24, 2.45) is 0 Å². The number of carbonyl (C=O) groups is 2. The Morgan fingerprint density at radius 1 is 0.931 bits per heavy atom. The molecule has 0 saturated heterocycles. The van der Waals surface area contributed by atoms with Gasteiger partial charge in [0.25, 0.3) is 0 Å². The van der Waals surface area contributed by atoms with Crippen LogP contribution in [0, 0.1) is 0 Å². The van der Waals surface area contributed by atoms with Gasteiger partial charge in [0.15, 0.2) is 0 Å². The minimum Gasteiger partial charge on any atom is -0.481 e. The van der Waals surface area contributed by atoms with Gasteiger partial charge in [-0.1, -0.05) is 41.4 Å². The van der Waals surface area contributed by atoms with Crippen molar-refractivity contribution in [1.82, 2.24) is 5.32 Å². The van der Waals surface area contributed by atoms with E-state index in [2.05, 4.69) is 16.7 Å². The standard InChI is InChI=1S/C17H18Cl2N2.C4H6O4/c18-14-4-1-12(2-5-14)11-21-17-15-8-10-20-9-7-13(15)3-6-16(17)19;5-3(6)1-2-4(7)8/h1-6,20-21H,7-11H2;1-2H2,(H,5,6)(H,7,8). The second-order valence-corrected chi connectivity index (χ2v) is 7.42. The molecule has 4 N–H and O–H groups in total. The third kappa shape index (κ3) is 7.93. The highest BCUT2D eigenvalue weighted by Gasteiger charge is 2.14. The van der Waals surface area contributed by atoms with Crippen LogP contribution in [0.5, 0.6) is 0 Å². The zero-order valence-electron chi connectivity index (χ0n) is 15.9. The number of hydrogen-bond donors (Lipinski definition) is 4. The average Bonchev–Trinajstić information content (AvgIpc) is 2.93. The fraction of sp³-hybridized carbons (Fsp3) is 0.333. The van der Waals surface area contributed by atoms with E-state index < -0.39 is 11.9 Å². The predicted octanol–water partition coefficient (Wildman–Crippen LogP) is 4.23. The van der Waals surface area contributed by atoms with Crippen molar-refractivity contribution in [1.29, 1.82) is 0 Å². The Balaban J connectivity index is 0.000000321. The minimum absolute atomic E-state index is 0.296. The zero-order valence-corrected chi connectivity index (χ0v) is 17.4. The summed E-state index contributed by atoms with van der Waals surface area (Å²) in [5.41, 5.74) is 5.01. The molecule has 0 atom stereocenters. The maximum absolute atomic E-state index is 9.64. The van der Waals surface area contributed by atoms with E-state index in [1.807, 2.05) is 30.3 Å². The van der Waals surface area contributed by atoms with Crippen molar-refractivity contribution in [3.8, 4) is 0 Å². The highest BCUT2D eigenvalue weighted by molar-refractivity contribution is 6.33. The SMILES string of the molecule is Clc1ccc(CNc2c(Cl)ccc3c2CCNCC3)cc1.O=C(O)CCC(=O)O. The molecule has 0 radical (unpaired) electrons. The summed E-state index contributed by atoms with van der Waals surface area (Å²) in [5, 5.41) is 24.3. The van der Waals surface area contributed by atoms with E-state index in [9.17, 15) is 9.59 Å². The molecule has 156 valence electrons. The molecule has 0 saturated carbocycles. The molecule has 0 fully saturated rings. The first kappa shape index (κ1) is 23.0. The molecule has 0 aromatic heterocycles. The zero-order chi connectivity index (χ0) is 21.2. The topological polar surface area (TPSA) is 98.7 Å². The number of halogens is 2. The third-order valence-electron chi connectivity index (χ3n) is 4.42. The monoisotopic (exact) mass is 438 g/mol. The second-order valence-electron chi connectivity index (χ2n) is 6.58. The molecule has 0 bridgehead atoms. The van der Waals surface area contributed by atoms with E-state index in [0.29, 0.717) is 0 Å². The normalized spacial score (nSPS) is 12.8. The van der Waals surface area contributed by atoms with Crippen molar-refractivity contribution in [2.75, 3.05) is 18.4 Å². The van der Waals surface area contributed by atoms with Crippen LogP contribution in [0.1, 0.15) is 29.5 Å². The number of nitrogens with one attached hydrogen (secondary N) is 2. The van der Waals surface area contributed by atoms with E-state index in [0.717, 1.165) is 48.2 Å². The number of rotatable bonds is 6. The number of hydrogen-bond acceptors (Lipinski definition) is 4. The lowest BCUT2D eigenvalue weighted by molar-refractivity contribution is -0.143. The van der Waals surface area contributed by atoms with E-state index >= 15 is 0 Å². The van der Waals surface area contributed by atoms with Gasteiger partial charge in [-0.2, -0.15) is 0 Å². The number of fused-ring (bicyclic) bond motifs is 1. The lowest BCUT2D eigenvalue weighted by atomic mass is 10.0. The van der Waals surface area contributed by atoms with Crippen molar-refractivity contribution < 1.29 is 19.8 Å². The molecule has 0 spiro atoms. The maximum Gasteiger partial charge on any atom is 0.303 e. The van der Waals surface area contributed by atoms with Gasteiger partial charge in [-0.25, -0.2) is 0 Å². The van der Waals surface area contributed by atoms with Crippen LogP contribution >= 0.6 is 23.2 Å². The number of benzene rings is 2. The van der Waals surface area contributed by atoms with Crippen molar-refractivity contribution >= 4 is 40.8 Å². The Hall–Kier alpha value is -2.28. The van der Waals surface area contributed by atoms with Gasteiger partial charge >= 0.3 is 11.9 Å². The molecule has 1 aliphatic rings. The third-order valence-corrected chi connectivity index (χ3v) is 4.98. The largest absolute Gasteiger partial charge is 0.481 e. The fourth-order valence-electron chi connectivity index (χ4n) is 2.94. The summed E-state index contributed by atoms with van der Waals surface area (Å²) >= 11 is 12.3. The van der Waals surface area contributed by atoms with Crippen LogP contribution in [0.2, 0.25) is 10.0 Å². The summed E-state index contributed by atoms with van der Waals surface area (Å²) in [6.45, 7) is 2.79. The Morgan fingerprint density at radius 3 is 2.17 bits per heavy atom. The van der Waals surface area contributed by atoms with E-state index in [-0.39, 0.29) is 12.8 Å². The van der Waals surface area contributed by atoms with Gasteiger partial charge in [0, 0.05) is 11.6 Å². The first-order chi connectivity index (χ1) is 13.9. The fourth-order valence-corrected chi connectivity index (χ4v) is 3.31. The van der Waals surface area contributed by atoms with Gasteiger partial charge in [-0.05, 0) is 60.8 Å². The smallest absolute Gasteiger partial charge is 0.303 e. The van der Waals surface area contributed by atoms with Crippen LogP contribution in [-0.2, 0) is 29.0 Å². The second kappa shape index (κ2) is 11.7. The summed E-state index contributed by atoms with van der Waals surface area (Å²) in [7, 11) is 0. The number of aliphatic carboxylic acids is 2. The average molecular weight is 439 g/mol. The van der Waals surface area contributed by atoms with Gasteiger partial charge in [0.2, 0.25) is 0 Å². The van der Waals surface area contributed by atoms with E-state index in [4.69, 9.17) is 33.4 Å². The molecule has 0 amide bonds. The molecule has 6 nitrogen and oxygen atoms in total. The Kier molecular flexibility index (Phi) is 9.25. The van der Waals surface area contributed by atoms with Crippen LogP contribution in [0.25, 0.3) is 0 Å². The van der Waals surface area contributed by atoms with E-state index in [1.54, 1.807) is 0 Å². The molecule has 1 heterocycles. The van der Waals surface area contributed by atoms with Crippen LogP contribution < -0.4 is 10.6 Å². The summed E-state index contributed by atoms with van der Waals surface area (Å²) < 4.78 is 0. The van der Waals surface area contributed by atoms with Crippen molar-refractivity contribution in [3.63, 3.8) is 0 Å². The van der Waals surface area contributed by atoms with Gasteiger partial charge in [-0.3, -0.25) is 9.59 Å². The van der Waals surface area contributed by atoms with Crippen LogP contribution in [0.15, 0.2) is 36.4 Å². The summed E-state index contributed by atoms with van der Waals surface area (Å²) in [5.74, 6) is -2.15. The molecule has 0 unspecified atom stereocenters. The van der Waals surface area contributed by atoms with Gasteiger partial charge < -0.3 is 20.8 Å². The molecule has 29 heavy (non-hydrogen) atoms. The quantitative estimate of drug-likeness (QED) is 0.538.